The number of halogens is 3. The normalized spacial score (nSPS) is 18.4. The van der Waals surface area contributed by atoms with Gasteiger partial charge in [0.15, 0.2) is 0 Å². The SMILES string of the molecule is O=C(O)C(c1ccc(SC(F)(F)F)cc1)N1CCOCC1. The van der Waals surface area contributed by atoms with Crippen LogP contribution in [0.5, 0.6) is 0 Å². The Balaban J connectivity index is 2.15. The van der Waals surface area contributed by atoms with Crippen LogP contribution in [0, 0.1) is 0 Å². The lowest BCUT2D eigenvalue weighted by Gasteiger charge is -2.32. The van der Waals surface area contributed by atoms with Gasteiger partial charge in [-0.2, -0.15) is 13.2 Å². The summed E-state index contributed by atoms with van der Waals surface area (Å²) >= 11 is -0.216. The molecule has 1 atom stereocenters. The quantitative estimate of drug-likeness (QED) is 0.864. The fourth-order valence-corrected chi connectivity index (χ4v) is 2.74. The van der Waals surface area contributed by atoms with Crippen molar-refractivity contribution in [2.45, 2.75) is 16.4 Å². The van der Waals surface area contributed by atoms with Crippen molar-refractivity contribution in [2.75, 3.05) is 26.3 Å². The van der Waals surface area contributed by atoms with Gasteiger partial charge in [0.2, 0.25) is 0 Å². The molecule has 21 heavy (non-hydrogen) atoms. The molecule has 0 spiro atoms. The summed E-state index contributed by atoms with van der Waals surface area (Å²) in [5.74, 6) is -1.02. The second-order valence-corrected chi connectivity index (χ2v) is 5.64. The molecule has 8 heteroatoms. The summed E-state index contributed by atoms with van der Waals surface area (Å²) in [5.41, 5.74) is -3.88. The first-order chi connectivity index (χ1) is 9.87. The van der Waals surface area contributed by atoms with Gasteiger partial charge in [0, 0.05) is 18.0 Å². The standard InChI is InChI=1S/C13H14F3NO3S/c14-13(15,16)21-10-3-1-9(2-4-10)11(12(18)19)17-5-7-20-8-6-17/h1-4,11H,5-8H2,(H,18,19). The van der Waals surface area contributed by atoms with E-state index in [0.29, 0.717) is 31.9 Å². The number of aliphatic carboxylic acids is 1. The van der Waals surface area contributed by atoms with Gasteiger partial charge in [-0.05, 0) is 29.5 Å². The van der Waals surface area contributed by atoms with E-state index < -0.39 is 17.5 Å². The molecule has 1 heterocycles. The van der Waals surface area contributed by atoms with Crippen molar-refractivity contribution in [2.24, 2.45) is 0 Å². The van der Waals surface area contributed by atoms with Gasteiger partial charge in [-0.1, -0.05) is 12.1 Å². The second kappa shape index (κ2) is 6.67. The van der Waals surface area contributed by atoms with Crippen LogP contribution < -0.4 is 0 Å². The number of nitrogens with zero attached hydrogens (tertiary/aromatic N) is 1. The number of carbonyl (C=O) groups is 1. The predicted octanol–water partition coefficient (Wildman–Crippen LogP) is 2.76. The summed E-state index contributed by atoms with van der Waals surface area (Å²) in [5, 5.41) is 9.37. The monoisotopic (exact) mass is 321 g/mol. The lowest BCUT2D eigenvalue weighted by Crippen LogP contribution is -2.42. The molecule has 1 fully saturated rings. The van der Waals surface area contributed by atoms with Crippen molar-refractivity contribution < 1.29 is 27.8 Å². The number of carboxylic acids is 1. The van der Waals surface area contributed by atoms with Crippen molar-refractivity contribution >= 4 is 17.7 Å². The third-order valence-corrected chi connectivity index (χ3v) is 3.81. The molecule has 1 aromatic carbocycles. The Morgan fingerprint density at radius 1 is 1.24 bits per heavy atom. The maximum atomic E-state index is 12.3. The van der Waals surface area contributed by atoms with Gasteiger partial charge in [-0.3, -0.25) is 9.69 Å². The van der Waals surface area contributed by atoms with Crippen LogP contribution in [0.25, 0.3) is 0 Å². The summed E-state index contributed by atoms with van der Waals surface area (Å²) in [6.45, 7) is 1.86. The van der Waals surface area contributed by atoms with E-state index in [2.05, 4.69) is 0 Å². The minimum atomic E-state index is -4.35. The van der Waals surface area contributed by atoms with Gasteiger partial charge in [0.25, 0.3) is 0 Å². The maximum absolute atomic E-state index is 12.3. The van der Waals surface area contributed by atoms with E-state index in [9.17, 15) is 23.1 Å². The van der Waals surface area contributed by atoms with Crippen molar-refractivity contribution in [3.8, 4) is 0 Å². The van der Waals surface area contributed by atoms with E-state index in [4.69, 9.17) is 4.74 Å². The van der Waals surface area contributed by atoms with Crippen LogP contribution >= 0.6 is 11.8 Å². The molecule has 0 aliphatic carbocycles. The number of rotatable bonds is 4. The van der Waals surface area contributed by atoms with E-state index in [1.807, 2.05) is 0 Å². The highest BCUT2D eigenvalue weighted by Crippen LogP contribution is 2.37. The lowest BCUT2D eigenvalue weighted by atomic mass is 10.1. The molecule has 4 nitrogen and oxygen atoms in total. The van der Waals surface area contributed by atoms with Crippen LogP contribution in [0.15, 0.2) is 29.2 Å². The number of hydrogen-bond donors (Lipinski definition) is 1. The molecule has 1 aliphatic heterocycles. The lowest BCUT2D eigenvalue weighted by molar-refractivity contribution is -0.145. The van der Waals surface area contributed by atoms with E-state index in [1.54, 1.807) is 4.90 Å². The van der Waals surface area contributed by atoms with Crippen LogP contribution in [0.3, 0.4) is 0 Å². The maximum Gasteiger partial charge on any atom is 0.446 e. The molecule has 1 N–H and O–H groups in total. The zero-order chi connectivity index (χ0) is 15.5. The molecule has 1 unspecified atom stereocenters. The Morgan fingerprint density at radius 3 is 2.29 bits per heavy atom. The first-order valence-corrected chi connectivity index (χ1v) is 7.09. The van der Waals surface area contributed by atoms with E-state index in [-0.39, 0.29) is 16.7 Å². The van der Waals surface area contributed by atoms with Crippen LogP contribution in [-0.2, 0) is 9.53 Å². The topological polar surface area (TPSA) is 49.8 Å². The number of alkyl halides is 3. The molecule has 0 saturated carbocycles. The van der Waals surface area contributed by atoms with Gasteiger partial charge in [-0.15, -0.1) is 0 Å². The summed E-state index contributed by atoms with van der Waals surface area (Å²) in [6.07, 6.45) is 0. The molecule has 0 amide bonds. The summed E-state index contributed by atoms with van der Waals surface area (Å²) in [7, 11) is 0. The molecule has 0 bridgehead atoms. The van der Waals surface area contributed by atoms with Gasteiger partial charge < -0.3 is 9.84 Å². The Labute approximate surface area is 123 Å². The Kier molecular flexibility index (Phi) is 5.13. The Hall–Kier alpha value is -1.25. The highest BCUT2D eigenvalue weighted by atomic mass is 32.2. The van der Waals surface area contributed by atoms with Crippen molar-refractivity contribution in [3.05, 3.63) is 29.8 Å². The molecule has 1 aromatic rings. The third-order valence-electron chi connectivity index (χ3n) is 3.07. The summed E-state index contributed by atoms with van der Waals surface area (Å²) < 4.78 is 42.0. The Morgan fingerprint density at radius 2 is 1.81 bits per heavy atom. The molecule has 1 aliphatic rings. The van der Waals surface area contributed by atoms with Crippen LogP contribution in [0.4, 0.5) is 13.2 Å². The number of carboxylic acid groups (broad SMARTS) is 1. The Bertz CT molecular complexity index is 486. The fraction of sp³-hybridized carbons (Fsp3) is 0.462. The number of morpholine rings is 1. The van der Waals surface area contributed by atoms with Gasteiger partial charge in [0.05, 0.1) is 13.2 Å². The van der Waals surface area contributed by atoms with Crippen LogP contribution in [0.1, 0.15) is 11.6 Å². The van der Waals surface area contributed by atoms with Crippen molar-refractivity contribution in [1.29, 1.82) is 0 Å². The predicted molar refractivity (Wildman–Crippen MR) is 71.1 cm³/mol. The fourth-order valence-electron chi connectivity index (χ4n) is 2.20. The molecule has 116 valence electrons. The number of hydrogen-bond acceptors (Lipinski definition) is 4. The van der Waals surface area contributed by atoms with Crippen LogP contribution in [-0.4, -0.2) is 47.8 Å². The molecule has 0 aromatic heterocycles. The van der Waals surface area contributed by atoms with Crippen LogP contribution in [0.2, 0.25) is 0 Å². The smallest absolute Gasteiger partial charge is 0.446 e. The first kappa shape index (κ1) is 16.1. The number of ether oxygens (including phenoxy) is 1. The van der Waals surface area contributed by atoms with Gasteiger partial charge in [-0.25, -0.2) is 0 Å². The highest BCUT2D eigenvalue weighted by Gasteiger charge is 2.31. The molecule has 1 saturated heterocycles. The van der Waals surface area contributed by atoms with Gasteiger partial charge in [0.1, 0.15) is 6.04 Å². The highest BCUT2D eigenvalue weighted by molar-refractivity contribution is 8.00. The van der Waals surface area contributed by atoms with E-state index >= 15 is 0 Å². The average Bonchev–Trinajstić information content (AvgIpc) is 2.40. The zero-order valence-electron chi connectivity index (χ0n) is 11.0. The minimum absolute atomic E-state index is 0.0392. The van der Waals surface area contributed by atoms with E-state index in [1.165, 1.54) is 24.3 Å². The summed E-state index contributed by atoms with van der Waals surface area (Å²) in [4.78, 5) is 13.2. The average molecular weight is 321 g/mol. The first-order valence-electron chi connectivity index (χ1n) is 6.27. The van der Waals surface area contributed by atoms with Crippen molar-refractivity contribution in [1.82, 2.24) is 4.90 Å². The molecule has 0 radical (unpaired) electrons. The minimum Gasteiger partial charge on any atom is -0.480 e. The zero-order valence-corrected chi connectivity index (χ0v) is 11.8. The third kappa shape index (κ3) is 4.62. The molecular weight excluding hydrogens is 307 g/mol. The summed E-state index contributed by atoms with van der Waals surface area (Å²) in [6, 6.07) is 4.59. The second-order valence-electron chi connectivity index (χ2n) is 4.51. The number of benzene rings is 1. The largest absolute Gasteiger partial charge is 0.480 e. The van der Waals surface area contributed by atoms with E-state index in [0.717, 1.165) is 0 Å². The molecule has 2 rings (SSSR count). The van der Waals surface area contributed by atoms with Gasteiger partial charge >= 0.3 is 11.5 Å². The number of thioether (sulfide) groups is 1. The van der Waals surface area contributed by atoms with Crippen molar-refractivity contribution in [3.63, 3.8) is 0 Å². The molecular formula is C13H14F3NO3S.